The number of hydrogen-bond donors (Lipinski definition) is 0. The predicted octanol–water partition coefficient (Wildman–Crippen LogP) is 1.86. The highest BCUT2D eigenvalue weighted by atomic mass is 15.2. The summed E-state index contributed by atoms with van der Waals surface area (Å²) in [6.45, 7) is 3.64. The predicted molar refractivity (Wildman–Crippen MR) is 68.7 cm³/mol. The summed E-state index contributed by atoms with van der Waals surface area (Å²) in [5.74, 6) is 0. The maximum absolute atomic E-state index is 2.51. The van der Waals surface area contributed by atoms with Gasteiger partial charge in [-0.25, -0.2) is 0 Å². The van der Waals surface area contributed by atoms with E-state index in [0.29, 0.717) is 6.04 Å². The highest BCUT2D eigenvalue weighted by Crippen LogP contribution is 2.12. The van der Waals surface area contributed by atoms with Crippen molar-refractivity contribution in [3.8, 4) is 0 Å². The van der Waals surface area contributed by atoms with Gasteiger partial charge in [-0.1, -0.05) is 30.3 Å². The summed E-state index contributed by atoms with van der Waals surface area (Å²) >= 11 is 0. The molecular weight excluding hydrogens is 196 g/mol. The highest BCUT2D eigenvalue weighted by Gasteiger charge is 2.20. The second kappa shape index (κ2) is 5.46. The Hall–Kier alpha value is -0.860. The van der Waals surface area contributed by atoms with Crippen LogP contribution in [0.25, 0.3) is 0 Å². The zero-order valence-electron chi connectivity index (χ0n) is 10.4. The summed E-state index contributed by atoms with van der Waals surface area (Å²) in [4.78, 5) is 4.97. The van der Waals surface area contributed by atoms with Gasteiger partial charge in [0.25, 0.3) is 0 Å². The Kier molecular flexibility index (Phi) is 3.97. The minimum Gasteiger partial charge on any atom is -0.305 e. The lowest BCUT2D eigenvalue weighted by molar-refractivity contribution is 0.224. The van der Waals surface area contributed by atoms with Crippen LogP contribution in [-0.4, -0.2) is 49.6 Å². The molecule has 0 aliphatic carbocycles. The Balaban J connectivity index is 2.01. The number of hydrogen-bond acceptors (Lipinski definition) is 2. The first-order valence-corrected chi connectivity index (χ1v) is 6.18. The first-order valence-electron chi connectivity index (χ1n) is 6.18. The molecule has 1 aliphatic heterocycles. The molecule has 1 aliphatic rings. The average molecular weight is 218 g/mol. The molecule has 1 heterocycles. The second-order valence-corrected chi connectivity index (χ2v) is 4.94. The van der Waals surface area contributed by atoms with Crippen molar-refractivity contribution in [1.82, 2.24) is 9.80 Å². The zero-order valence-corrected chi connectivity index (χ0v) is 10.4. The largest absolute Gasteiger partial charge is 0.305 e. The van der Waals surface area contributed by atoms with Gasteiger partial charge in [0.2, 0.25) is 0 Å². The van der Waals surface area contributed by atoms with E-state index in [1.165, 1.54) is 38.0 Å². The molecule has 0 amide bonds. The van der Waals surface area contributed by atoms with Gasteiger partial charge in [-0.15, -0.1) is 0 Å². The van der Waals surface area contributed by atoms with E-state index in [1.807, 2.05) is 0 Å². The van der Waals surface area contributed by atoms with E-state index in [0.717, 1.165) is 0 Å². The molecule has 1 unspecified atom stereocenters. The molecule has 1 aromatic carbocycles. The quantitative estimate of drug-likeness (QED) is 0.747. The maximum atomic E-state index is 2.51. The Morgan fingerprint density at radius 2 is 1.88 bits per heavy atom. The van der Waals surface area contributed by atoms with Crippen molar-refractivity contribution >= 4 is 0 Å². The third kappa shape index (κ3) is 3.06. The van der Waals surface area contributed by atoms with E-state index in [1.54, 1.807) is 0 Å². The molecule has 88 valence electrons. The Morgan fingerprint density at radius 1 is 1.12 bits per heavy atom. The molecule has 0 aromatic heterocycles. The number of rotatable bonds is 2. The minimum atomic E-state index is 0.662. The molecule has 16 heavy (non-hydrogen) atoms. The first-order chi connectivity index (χ1) is 7.75. The third-order valence-electron chi connectivity index (χ3n) is 3.51. The molecule has 1 fully saturated rings. The molecule has 0 N–H and O–H groups in total. The molecule has 2 rings (SSSR count). The van der Waals surface area contributed by atoms with Gasteiger partial charge in [-0.05, 0) is 45.6 Å². The summed E-state index contributed by atoms with van der Waals surface area (Å²) in [6.07, 6.45) is 2.46. The van der Waals surface area contributed by atoms with Crippen LogP contribution in [0.3, 0.4) is 0 Å². The van der Waals surface area contributed by atoms with E-state index in [-0.39, 0.29) is 0 Å². The van der Waals surface area contributed by atoms with Crippen molar-refractivity contribution in [3.05, 3.63) is 35.9 Å². The fourth-order valence-electron chi connectivity index (χ4n) is 2.47. The second-order valence-electron chi connectivity index (χ2n) is 4.94. The van der Waals surface area contributed by atoms with Gasteiger partial charge in [0, 0.05) is 12.6 Å². The van der Waals surface area contributed by atoms with Crippen LogP contribution in [0.2, 0.25) is 0 Å². The van der Waals surface area contributed by atoms with Gasteiger partial charge in [-0.2, -0.15) is 0 Å². The molecular formula is C14H22N2. The molecule has 2 nitrogen and oxygen atoms in total. The van der Waals surface area contributed by atoms with Crippen molar-refractivity contribution in [2.24, 2.45) is 0 Å². The van der Waals surface area contributed by atoms with Gasteiger partial charge in [0.05, 0.1) is 0 Å². The van der Waals surface area contributed by atoms with Crippen molar-refractivity contribution in [2.45, 2.75) is 18.9 Å². The normalized spacial score (nSPS) is 24.2. The molecule has 0 spiro atoms. The molecule has 0 saturated carbocycles. The highest BCUT2D eigenvalue weighted by molar-refractivity contribution is 5.16. The van der Waals surface area contributed by atoms with Crippen LogP contribution in [0.5, 0.6) is 0 Å². The summed E-state index contributed by atoms with van der Waals surface area (Å²) in [7, 11) is 4.49. The van der Waals surface area contributed by atoms with Gasteiger partial charge < -0.3 is 9.80 Å². The van der Waals surface area contributed by atoms with Crippen molar-refractivity contribution in [2.75, 3.05) is 33.7 Å². The standard InChI is InChI=1S/C14H22N2/c1-15-9-6-10-16(2)14(12-15)11-13-7-4-3-5-8-13/h3-5,7-8,14H,6,9-12H2,1-2H3. The molecule has 1 aromatic rings. The number of benzene rings is 1. The molecule has 1 saturated heterocycles. The van der Waals surface area contributed by atoms with Crippen LogP contribution in [-0.2, 0) is 6.42 Å². The van der Waals surface area contributed by atoms with Crippen LogP contribution in [0.15, 0.2) is 30.3 Å². The third-order valence-corrected chi connectivity index (χ3v) is 3.51. The van der Waals surface area contributed by atoms with Crippen LogP contribution >= 0.6 is 0 Å². The molecule has 0 bridgehead atoms. The average Bonchev–Trinajstić information content (AvgIpc) is 2.43. The van der Waals surface area contributed by atoms with Gasteiger partial charge in [0.1, 0.15) is 0 Å². The monoisotopic (exact) mass is 218 g/mol. The van der Waals surface area contributed by atoms with Gasteiger partial charge in [0.15, 0.2) is 0 Å². The van der Waals surface area contributed by atoms with Crippen LogP contribution in [0.1, 0.15) is 12.0 Å². The van der Waals surface area contributed by atoms with Gasteiger partial charge in [-0.3, -0.25) is 0 Å². The van der Waals surface area contributed by atoms with Crippen molar-refractivity contribution in [3.63, 3.8) is 0 Å². The lowest BCUT2D eigenvalue weighted by Crippen LogP contribution is -2.39. The van der Waals surface area contributed by atoms with Crippen LogP contribution < -0.4 is 0 Å². The first kappa shape index (κ1) is 11.6. The lowest BCUT2D eigenvalue weighted by atomic mass is 10.0. The Morgan fingerprint density at radius 3 is 2.62 bits per heavy atom. The van der Waals surface area contributed by atoms with Crippen LogP contribution in [0.4, 0.5) is 0 Å². The van der Waals surface area contributed by atoms with Gasteiger partial charge >= 0.3 is 0 Å². The Labute approximate surface area is 98.9 Å². The molecule has 1 atom stereocenters. The zero-order chi connectivity index (χ0) is 11.4. The summed E-state index contributed by atoms with van der Waals surface area (Å²) in [5, 5.41) is 0. The smallest absolute Gasteiger partial charge is 0.0260 e. The van der Waals surface area contributed by atoms with E-state index in [2.05, 4.69) is 54.2 Å². The fraction of sp³-hybridized carbons (Fsp3) is 0.571. The van der Waals surface area contributed by atoms with Crippen molar-refractivity contribution in [1.29, 1.82) is 0 Å². The van der Waals surface area contributed by atoms with E-state index >= 15 is 0 Å². The summed E-state index contributed by atoms with van der Waals surface area (Å²) in [6, 6.07) is 11.5. The number of likely N-dealkylation sites (N-methyl/N-ethyl adjacent to an activating group) is 2. The SMILES string of the molecule is CN1CCCN(C)C(Cc2ccccc2)C1. The summed E-state index contributed by atoms with van der Waals surface area (Å²) < 4.78 is 0. The topological polar surface area (TPSA) is 6.48 Å². The lowest BCUT2D eigenvalue weighted by Gasteiger charge is -2.27. The van der Waals surface area contributed by atoms with E-state index in [4.69, 9.17) is 0 Å². The molecule has 0 radical (unpaired) electrons. The van der Waals surface area contributed by atoms with Crippen LogP contribution in [0, 0.1) is 0 Å². The minimum absolute atomic E-state index is 0.662. The van der Waals surface area contributed by atoms with Crippen molar-refractivity contribution < 1.29 is 0 Å². The number of nitrogens with zero attached hydrogens (tertiary/aromatic N) is 2. The Bertz CT molecular complexity index is 310. The fourth-order valence-corrected chi connectivity index (χ4v) is 2.47. The van der Waals surface area contributed by atoms with E-state index < -0.39 is 0 Å². The summed E-state index contributed by atoms with van der Waals surface area (Å²) in [5.41, 5.74) is 1.45. The maximum Gasteiger partial charge on any atom is 0.0260 e. The molecule has 2 heteroatoms. The van der Waals surface area contributed by atoms with E-state index in [9.17, 15) is 0 Å².